The third-order valence-electron chi connectivity index (χ3n) is 6.46. The van der Waals surface area contributed by atoms with Gasteiger partial charge in [-0.25, -0.2) is 16.8 Å². The summed E-state index contributed by atoms with van der Waals surface area (Å²) in [5.74, 6) is -0.115. The van der Waals surface area contributed by atoms with E-state index in [9.17, 15) is 21.6 Å². The number of anilines is 3. The van der Waals surface area contributed by atoms with Crippen molar-refractivity contribution in [1.82, 2.24) is 0 Å². The second-order valence-electron chi connectivity index (χ2n) is 9.23. The topological polar surface area (TPSA) is 122 Å². The fourth-order valence-corrected chi connectivity index (χ4v) is 6.85. The molecular formula is C31H27N3O6S2. The number of fused-ring (bicyclic) bond motifs is 1. The summed E-state index contributed by atoms with van der Waals surface area (Å²) in [7, 11) is -6.55. The van der Waals surface area contributed by atoms with Crippen molar-refractivity contribution in [2.24, 2.45) is 0 Å². The maximum atomic E-state index is 13.5. The zero-order valence-corrected chi connectivity index (χ0v) is 24.1. The lowest BCUT2D eigenvalue weighted by Gasteiger charge is -2.24. The molecule has 0 aliphatic carbocycles. The van der Waals surface area contributed by atoms with Crippen LogP contribution in [-0.4, -0.2) is 36.4 Å². The van der Waals surface area contributed by atoms with Gasteiger partial charge < -0.3 is 10.1 Å². The number of methoxy groups -OCH3 is 1. The molecule has 214 valence electrons. The Morgan fingerprint density at radius 2 is 1.33 bits per heavy atom. The molecule has 0 radical (unpaired) electrons. The smallest absolute Gasteiger partial charge is 0.264 e. The van der Waals surface area contributed by atoms with E-state index >= 15 is 0 Å². The second kappa shape index (κ2) is 11.9. The molecule has 0 spiro atoms. The largest absolute Gasteiger partial charge is 0.497 e. The number of sulfonamides is 2. The Bertz CT molecular complexity index is 1920. The predicted molar refractivity (Wildman–Crippen MR) is 164 cm³/mol. The second-order valence-corrected chi connectivity index (χ2v) is 12.8. The van der Waals surface area contributed by atoms with E-state index in [0.717, 1.165) is 15.1 Å². The minimum absolute atomic E-state index is 0.00132. The van der Waals surface area contributed by atoms with Gasteiger partial charge in [0.05, 0.1) is 28.3 Å². The van der Waals surface area contributed by atoms with Crippen LogP contribution in [0, 0.1) is 0 Å². The molecule has 0 fully saturated rings. The maximum absolute atomic E-state index is 13.5. The highest BCUT2D eigenvalue weighted by Gasteiger charge is 2.27. The van der Waals surface area contributed by atoms with Crippen molar-refractivity contribution >= 4 is 53.8 Å². The Morgan fingerprint density at radius 3 is 2.02 bits per heavy atom. The van der Waals surface area contributed by atoms with E-state index in [-0.39, 0.29) is 9.79 Å². The lowest BCUT2D eigenvalue weighted by atomic mass is 10.1. The number of nitrogens with one attached hydrogen (secondary N) is 2. The molecule has 5 rings (SSSR count). The minimum atomic E-state index is -4.11. The van der Waals surface area contributed by atoms with Crippen LogP contribution in [0.1, 0.15) is 0 Å². The van der Waals surface area contributed by atoms with Gasteiger partial charge in [-0.2, -0.15) is 0 Å². The van der Waals surface area contributed by atoms with Gasteiger partial charge in [0.25, 0.3) is 20.0 Å². The first-order valence-electron chi connectivity index (χ1n) is 12.8. The van der Waals surface area contributed by atoms with Gasteiger partial charge in [0, 0.05) is 11.1 Å². The highest BCUT2D eigenvalue weighted by atomic mass is 32.2. The number of hydrogen-bond acceptors (Lipinski definition) is 6. The molecule has 0 saturated heterocycles. The van der Waals surface area contributed by atoms with Crippen molar-refractivity contribution in [3.8, 4) is 5.75 Å². The molecule has 9 nitrogen and oxygen atoms in total. The normalized spacial score (nSPS) is 11.5. The van der Waals surface area contributed by atoms with Crippen molar-refractivity contribution in [3.63, 3.8) is 0 Å². The molecule has 0 aliphatic heterocycles. The summed E-state index contributed by atoms with van der Waals surface area (Å²) in [5, 5.41) is 4.32. The number of para-hydroxylation sites is 1. The number of carbonyl (C=O) groups excluding carboxylic acids is 1. The fraction of sp³-hybridized carbons (Fsp3) is 0.0645. The van der Waals surface area contributed by atoms with Gasteiger partial charge in [-0.1, -0.05) is 54.6 Å². The molecular weight excluding hydrogens is 574 g/mol. The Morgan fingerprint density at radius 1 is 0.714 bits per heavy atom. The molecule has 0 aromatic heterocycles. The number of hydrogen-bond donors (Lipinski definition) is 2. The predicted octanol–water partition coefficient (Wildman–Crippen LogP) is 5.48. The first-order valence-corrected chi connectivity index (χ1v) is 15.7. The van der Waals surface area contributed by atoms with Crippen LogP contribution >= 0.6 is 0 Å². The minimum Gasteiger partial charge on any atom is -0.497 e. The lowest BCUT2D eigenvalue weighted by Crippen LogP contribution is -2.38. The summed E-state index contributed by atoms with van der Waals surface area (Å²) < 4.78 is 62.0. The molecule has 0 aliphatic rings. The molecule has 1 amide bonds. The van der Waals surface area contributed by atoms with E-state index < -0.39 is 32.5 Å². The lowest BCUT2D eigenvalue weighted by molar-refractivity contribution is -0.114. The molecule has 0 bridgehead atoms. The zero-order valence-electron chi connectivity index (χ0n) is 22.5. The van der Waals surface area contributed by atoms with Gasteiger partial charge in [-0.15, -0.1) is 0 Å². The van der Waals surface area contributed by atoms with E-state index in [1.54, 1.807) is 42.5 Å². The Balaban J connectivity index is 1.33. The average Bonchev–Trinajstić information content (AvgIpc) is 3.00. The van der Waals surface area contributed by atoms with Gasteiger partial charge in [0.2, 0.25) is 5.91 Å². The molecule has 5 aromatic carbocycles. The van der Waals surface area contributed by atoms with Crippen molar-refractivity contribution in [1.29, 1.82) is 0 Å². The fourth-order valence-electron chi connectivity index (χ4n) is 4.35. The van der Waals surface area contributed by atoms with Crippen LogP contribution in [0.3, 0.4) is 0 Å². The number of benzene rings is 5. The van der Waals surface area contributed by atoms with Crippen LogP contribution in [0.15, 0.2) is 131 Å². The monoisotopic (exact) mass is 601 g/mol. The quantitative estimate of drug-likeness (QED) is 0.219. The Labute approximate surface area is 244 Å². The van der Waals surface area contributed by atoms with Crippen LogP contribution in [0.4, 0.5) is 17.1 Å². The van der Waals surface area contributed by atoms with Gasteiger partial charge >= 0.3 is 0 Å². The van der Waals surface area contributed by atoms with E-state index in [2.05, 4.69) is 10.0 Å². The first-order chi connectivity index (χ1) is 20.2. The summed E-state index contributed by atoms with van der Waals surface area (Å²) in [6.45, 7) is -0.513. The zero-order chi connectivity index (χ0) is 29.7. The van der Waals surface area contributed by atoms with Crippen LogP contribution in [0.25, 0.3) is 10.8 Å². The summed E-state index contributed by atoms with van der Waals surface area (Å²) in [4.78, 5) is 13.0. The summed E-state index contributed by atoms with van der Waals surface area (Å²) in [5.41, 5.74) is 1.06. The third-order valence-corrected chi connectivity index (χ3v) is 9.63. The van der Waals surface area contributed by atoms with Gasteiger partial charge in [0.15, 0.2) is 0 Å². The Hall–Kier alpha value is -4.87. The van der Waals surface area contributed by atoms with Crippen LogP contribution in [0.5, 0.6) is 5.75 Å². The van der Waals surface area contributed by atoms with Crippen LogP contribution in [-0.2, 0) is 24.8 Å². The van der Waals surface area contributed by atoms with Crippen molar-refractivity contribution in [3.05, 3.63) is 121 Å². The Kier molecular flexibility index (Phi) is 8.14. The number of carbonyl (C=O) groups is 1. The van der Waals surface area contributed by atoms with Crippen molar-refractivity contribution < 1.29 is 26.4 Å². The van der Waals surface area contributed by atoms with Gasteiger partial charge in [0.1, 0.15) is 12.3 Å². The van der Waals surface area contributed by atoms with Gasteiger partial charge in [-0.3, -0.25) is 13.8 Å². The average molecular weight is 602 g/mol. The van der Waals surface area contributed by atoms with Crippen molar-refractivity contribution in [2.75, 3.05) is 28.0 Å². The highest BCUT2D eigenvalue weighted by Crippen LogP contribution is 2.27. The molecule has 42 heavy (non-hydrogen) atoms. The standard InChI is InChI=1S/C31H27N3O6S2/c1-40-26-16-20-28(21-17-26)42(38,39)34(25-10-3-2-4-11-25)22-31(35)32-24-14-18-27(19-15-24)41(36,37)33-30-13-7-9-23-8-5-6-12-29(23)30/h2-21,33H,22H2,1H3,(H,32,35). The van der Waals surface area contributed by atoms with E-state index in [1.165, 1.54) is 55.6 Å². The van der Waals surface area contributed by atoms with Gasteiger partial charge in [-0.05, 0) is 72.1 Å². The van der Waals surface area contributed by atoms with Crippen molar-refractivity contribution in [2.45, 2.75) is 9.79 Å². The third kappa shape index (κ3) is 6.22. The van der Waals surface area contributed by atoms with E-state index in [0.29, 0.717) is 22.8 Å². The molecule has 0 unspecified atom stereocenters. The molecule has 0 atom stereocenters. The molecule has 2 N–H and O–H groups in total. The number of amides is 1. The van der Waals surface area contributed by atoms with E-state index in [1.807, 2.05) is 30.3 Å². The van der Waals surface area contributed by atoms with Crippen LogP contribution < -0.4 is 19.1 Å². The summed E-state index contributed by atoms with van der Waals surface area (Å²) >= 11 is 0. The molecule has 11 heteroatoms. The number of nitrogens with zero attached hydrogens (tertiary/aromatic N) is 1. The highest BCUT2D eigenvalue weighted by molar-refractivity contribution is 7.93. The maximum Gasteiger partial charge on any atom is 0.264 e. The SMILES string of the molecule is COc1ccc(S(=O)(=O)N(CC(=O)Nc2ccc(S(=O)(=O)Nc3cccc4ccccc34)cc2)c2ccccc2)cc1. The number of rotatable bonds is 10. The van der Waals surface area contributed by atoms with Crippen LogP contribution in [0.2, 0.25) is 0 Å². The van der Waals surface area contributed by atoms with E-state index in [4.69, 9.17) is 4.74 Å². The number of ether oxygens (including phenoxy) is 1. The summed E-state index contributed by atoms with van der Waals surface area (Å²) in [6, 6.07) is 32.6. The molecule has 0 heterocycles. The first kappa shape index (κ1) is 28.7. The summed E-state index contributed by atoms with van der Waals surface area (Å²) in [6.07, 6.45) is 0. The molecule has 0 saturated carbocycles. The molecule has 5 aromatic rings.